The Labute approximate surface area is 51.7 Å². The molecule has 0 saturated carbocycles. The molecule has 0 unspecified atom stereocenters. The highest BCUT2D eigenvalue weighted by molar-refractivity contribution is 5.12. The van der Waals surface area contributed by atoms with Crippen LogP contribution in [0.3, 0.4) is 0 Å². The molecule has 0 amide bonds. The van der Waals surface area contributed by atoms with E-state index in [1.54, 1.807) is 13.0 Å². The van der Waals surface area contributed by atoms with Crippen LogP contribution in [0.4, 0.5) is 0 Å². The molecule has 48 valence electrons. The second-order valence-corrected chi connectivity index (χ2v) is 1.76. The molecule has 0 radical (unpaired) electrons. The minimum Gasteiger partial charge on any atom is -0.338 e. The van der Waals surface area contributed by atoms with Gasteiger partial charge in [-0.1, -0.05) is 12.7 Å². The van der Waals surface area contributed by atoms with Crippen LogP contribution in [0.25, 0.3) is 12.7 Å². The molecule has 9 heavy (non-hydrogen) atoms. The number of nitrogens with one attached hydrogen (secondary N) is 2. The third-order valence-corrected chi connectivity index (χ3v) is 1.08. The van der Waals surface area contributed by atoms with Gasteiger partial charge in [0.05, 0.1) is 0 Å². The fourth-order valence-corrected chi connectivity index (χ4v) is 0.658. The zero-order valence-electron chi connectivity index (χ0n) is 5.19. The van der Waals surface area contributed by atoms with E-state index in [9.17, 15) is 4.79 Å². The molecule has 1 aromatic heterocycles. The molecule has 1 rings (SSSR count). The van der Waals surface area contributed by atoms with Crippen LogP contribution in [-0.4, -0.2) is 9.97 Å². The van der Waals surface area contributed by atoms with Gasteiger partial charge < -0.3 is 9.97 Å². The monoisotopic (exact) mass is 124 g/mol. The van der Waals surface area contributed by atoms with Crippen molar-refractivity contribution in [2.45, 2.75) is 6.92 Å². The Bertz CT molecular complexity index is 344. The van der Waals surface area contributed by atoms with Crippen molar-refractivity contribution in [3.05, 3.63) is 21.2 Å². The van der Waals surface area contributed by atoms with Gasteiger partial charge in [0, 0.05) is 0 Å². The van der Waals surface area contributed by atoms with E-state index in [1.165, 1.54) is 0 Å². The van der Waals surface area contributed by atoms with Crippen molar-refractivity contribution >= 4 is 12.7 Å². The molecule has 0 fully saturated rings. The quantitative estimate of drug-likeness (QED) is 0.454. The van der Waals surface area contributed by atoms with Crippen LogP contribution in [0, 0.1) is 0 Å². The number of rotatable bonds is 0. The lowest BCUT2D eigenvalue weighted by molar-refractivity contribution is 1.19. The molecule has 0 aromatic carbocycles. The first kappa shape index (κ1) is 5.88. The topological polar surface area (TPSA) is 48.6 Å². The van der Waals surface area contributed by atoms with Gasteiger partial charge in [-0.25, -0.2) is 0 Å². The molecule has 2 N–H and O–H groups in total. The van der Waals surface area contributed by atoms with Crippen molar-refractivity contribution in [3.63, 3.8) is 0 Å². The Morgan fingerprint density at radius 1 is 1.56 bits per heavy atom. The normalized spacial score (nSPS) is 12.3. The average molecular weight is 124 g/mol. The minimum atomic E-state index is -0.109. The summed E-state index contributed by atoms with van der Waals surface area (Å²) < 4.78 is 0. The Hall–Kier alpha value is -1.25. The van der Waals surface area contributed by atoms with Crippen molar-refractivity contribution in [2.24, 2.45) is 0 Å². The van der Waals surface area contributed by atoms with E-state index in [1.807, 2.05) is 0 Å². The molecular weight excluding hydrogens is 116 g/mol. The maximum atomic E-state index is 10.7. The molecule has 0 aliphatic heterocycles. The largest absolute Gasteiger partial charge is 0.338 e. The van der Waals surface area contributed by atoms with Crippen LogP contribution in [0.15, 0.2) is 4.79 Å². The number of H-pyrrole nitrogens is 2. The van der Waals surface area contributed by atoms with Gasteiger partial charge in [-0.2, -0.15) is 0 Å². The number of hydrogen-bond donors (Lipinski definition) is 2. The highest BCUT2D eigenvalue weighted by Gasteiger charge is 1.84. The van der Waals surface area contributed by atoms with Gasteiger partial charge in [-0.3, -0.25) is 4.79 Å². The number of hydrogen-bond acceptors (Lipinski definition) is 1. The Balaban J connectivity index is 3.72. The summed E-state index contributed by atoms with van der Waals surface area (Å²) in [7, 11) is 0. The van der Waals surface area contributed by atoms with Gasteiger partial charge in [0.15, 0.2) is 0 Å². The zero-order chi connectivity index (χ0) is 6.85. The molecule has 3 heteroatoms. The van der Waals surface area contributed by atoms with Crippen molar-refractivity contribution < 1.29 is 0 Å². The second-order valence-electron chi connectivity index (χ2n) is 1.76. The van der Waals surface area contributed by atoms with Crippen LogP contribution < -0.4 is 16.4 Å². The van der Waals surface area contributed by atoms with Gasteiger partial charge in [-0.05, 0) is 6.92 Å². The summed E-state index contributed by atoms with van der Waals surface area (Å²) in [4.78, 5) is 16.0. The fraction of sp³-hybridized carbons (Fsp3) is 0.167. The summed E-state index contributed by atoms with van der Waals surface area (Å²) in [6.45, 7) is 5.31. The Morgan fingerprint density at radius 3 is 2.44 bits per heavy atom. The molecule has 0 atom stereocenters. The zero-order valence-corrected chi connectivity index (χ0v) is 5.19. The minimum absolute atomic E-state index is 0.109. The van der Waals surface area contributed by atoms with E-state index in [0.29, 0.717) is 10.8 Å². The first-order valence-electron chi connectivity index (χ1n) is 2.67. The molecule has 1 heterocycles. The van der Waals surface area contributed by atoms with E-state index in [-0.39, 0.29) is 5.56 Å². The van der Waals surface area contributed by atoms with E-state index in [4.69, 9.17) is 0 Å². The molecule has 0 aliphatic rings. The summed E-state index contributed by atoms with van der Waals surface area (Å²) >= 11 is 0. The van der Waals surface area contributed by atoms with Crippen molar-refractivity contribution in [1.82, 2.24) is 9.97 Å². The van der Waals surface area contributed by atoms with Crippen molar-refractivity contribution in [2.75, 3.05) is 0 Å². The molecular formula is C6H8N2O. The van der Waals surface area contributed by atoms with E-state index in [2.05, 4.69) is 16.5 Å². The third kappa shape index (κ3) is 0.937. The molecule has 0 spiro atoms. The van der Waals surface area contributed by atoms with Crippen molar-refractivity contribution in [3.8, 4) is 0 Å². The van der Waals surface area contributed by atoms with Crippen LogP contribution in [0.2, 0.25) is 0 Å². The summed E-state index contributed by atoms with van der Waals surface area (Å²) in [5.41, 5.74) is 0.440. The van der Waals surface area contributed by atoms with E-state index in [0.717, 1.165) is 0 Å². The summed E-state index contributed by atoms with van der Waals surface area (Å²) in [5.74, 6) is 0. The molecule has 0 bridgehead atoms. The molecule has 3 nitrogen and oxygen atoms in total. The maximum Gasteiger partial charge on any atom is 0.272 e. The number of aromatic amines is 2. The van der Waals surface area contributed by atoms with Gasteiger partial charge in [0.1, 0.15) is 10.8 Å². The summed E-state index contributed by atoms with van der Waals surface area (Å²) in [6, 6.07) is 0. The first-order valence-corrected chi connectivity index (χ1v) is 2.67. The smallest absolute Gasteiger partial charge is 0.272 e. The maximum absolute atomic E-state index is 10.7. The Morgan fingerprint density at radius 2 is 2.22 bits per heavy atom. The fourth-order valence-electron chi connectivity index (χ4n) is 0.658. The lowest BCUT2D eigenvalue weighted by Gasteiger charge is -1.64. The lowest BCUT2D eigenvalue weighted by atomic mass is 10.6. The molecule has 0 saturated heterocycles. The van der Waals surface area contributed by atoms with Crippen molar-refractivity contribution in [1.29, 1.82) is 0 Å². The summed E-state index contributed by atoms with van der Waals surface area (Å²) in [5, 5.41) is 0.569. The SMILES string of the molecule is C=c1[nH]c(=O)c(=CC)[nH]1. The standard InChI is InChI=1S/C6H8N2O/c1-3-5-6(9)8-4(2)7-5/h3,7H,2H2,1H3,(H,8,9). The predicted octanol–water partition coefficient (Wildman–Crippen LogP) is -1.09. The van der Waals surface area contributed by atoms with Crippen LogP contribution in [0.1, 0.15) is 6.92 Å². The number of imidazole rings is 1. The number of aromatic nitrogens is 2. The first-order chi connectivity index (χ1) is 4.24. The van der Waals surface area contributed by atoms with E-state index >= 15 is 0 Å². The van der Waals surface area contributed by atoms with Gasteiger partial charge in [0.2, 0.25) is 0 Å². The molecule has 1 aromatic rings. The predicted molar refractivity (Wildman–Crippen MR) is 36.3 cm³/mol. The highest BCUT2D eigenvalue weighted by Crippen LogP contribution is 1.47. The van der Waals surface area contributed by atoms with E-state index < -0.39 is 0 Å². The van der Waals surface area contributed by atoms with Crippen LogP contribution in [-0.2, 0) is 0 Å². The lowest BCUT2D eigenvalue weighted by Crippen LogP contribution is -2.21. The van der Waals surface area contributed by atoms with Gasteiger partial charge >= 0.3 is 0 Å². The van der Waals surface area contributed by atoms with Gasteiger partial charge in [0.25, 0.3) is 5.56 Å². The van der Waals surface area contributed by atoms with Crippen LogP contribution >= 0.6 is 0 Å². The average Bonchev–Trinajstić information content (AvgIpc) is 2.10. The second kappa shape index (κ2) is 1.93. The highest BCUT2D eigenvalue weighted by atomic mass is 16.1. The third-order valence-electron chi connectivity index (χ3n) is 1.08. The van der Waals surface area contributed by atoms with Gasteiger partial charge in [-0.15, -0.1) is 0 Å². The Kier molecular flexibility index (Phi) is 1.26. The molecule has 0 aliphatic carbocycles. The summed E-state index contributed by atoms with van der Waals surface area (Å²) in [6.07, 6.45) is 1.70. The van der Waals surface area contributed by atoms with Crippen LogP contribution in [0.5, 0.6) is 0 Å².